The van der Waals surface area contributed by atoms with Crippen LogP contribution in [0.25, 0.3) is 6.08 Å². The first kappa shape index (κ1) is 18.8. The number of amides is 1. The topological polar surface area (TPSA) is 62.1 Å². The average Bonchev–Trinajstić information content (AvgIpc) is 3.06. The number of rotatable bonds is 4. The maximum atomic E-state index is 13.3. The molecule has 6 heteroatoms. The zero-order chi connectivity index (χ0) is 20.4. The lowest BCUT2D eigenvalue weighted by molar-refractivity contribution is -0.113. The number of anilines is 1. The summed E-state index contributed by atoms with van der Waals surface area (Å²) < 4.78 is 5.38. The largest absolute Gasteiger partial charge is 0.508 e. The van der Waals surface area contributed by atoms with E-state index in [0.29, 0.717) is 22.3 Å². The Morgan fingerprint density at radius 3 is 2.38 bits per heavy atom. The van der Waals surface area contributed by atoms with Gasteiger partial charge in [-0.3, -0.25) is 9.69 Å². The third-order valence-corrected chi connectivity index (χ3v) is 4.75. The highest BCUT2D eigenvalue weighted by Crippen LogP contribution is 2.30. The van der Waals surface area contributed by atoms with Gasteiger partial charge in [0.15, 0.2) is 0 Å². The van der Waals surface area contributed by atoms with E-state index in [9.17, 15) is 9.90 Å². The van der Waals surface area contributed by atoms with Crippen molar-refractivity contribution in [3.8, 4) is 11.5 Å². The van der Waals surface area contributed by atoms with Crippen molar-refractivity contribution in [3.05, 3.63) is 94.6 Å². The number of hydrogen-bond donors (Lipinski definition) is 1. The SMILES string of the molecule is COc1ccccc1/C=C1/N=C(c2ccc(Cl)cc2)N(c2ccc(O)cc2)C1=O. The summed E-state index contributed by atoms with van der Waals surface area (Å²) in [5, 5.41) is 10.2. The quantitative estimate of drug-likeness (QED) is 0.630. The zero-order valence-electron chi connectivity index (χ0n) is 15.5. The second-order valence-corrected chi connectivity index (χ2v) is 6.81. The standard InChI is InChI=1S/C23H17ClN2O3/c1-29-21-5-3-2-4-16(21)14-20-23(28)26(18-10-12-19(27)13-11-18)22(25-20)15-6-8-17(24)9-7-15/h2-14,27H,1H3/b20-14+. The normalized spacial score (nSPS) is 15.0. The molecule has 0 saturated carbocycles. The molecule has 5 nitrogen and oxygen atoms in total. The number of aromatic hydroxyl groups is 1. The van der Waals surface area contributed by atoms with Gasteiger partial charge in [0.25, 0.3) is 5.91 Å². The number of carbonyl (C=O) groups is 1. The van der Waals surface area contributed by atoms with Gasteiger partial charge in [0, 0.05) is 16.1 Å². The minimum atomic E-state index is -0.272. The van der Waals surface area contributed by atoms with Crippen LogP contribution in [-0.4, -0.2) is 24.0 Å². The van der Waals surface area contributed by atoms with E-state index >= 15 is 0 Å². The molecule has 29 heavy (non-hydrogen) atoms. The summed E-state index contributed by atoms with van der Waals surface area (Å²) in [7, 11) is 1.58. The monoisotopic (exact) mass is 404 g/mol. The van der Waals surface area contributed by atoms with E-state index in [2.05, 4.69) is 4.99 Å². The van der Waals surface area contributed by atoms with Gasteiger partial charge in [-0.15, -0.1) is 0 Å². The smallest absolute Gasteiger partial charge is 0.282 e. The van der Waals surface area contributed by atoms with Gasteiger partial charge in [-0.2, -0.15) is 0 Å². The molecular weight excluding hydrogens is 388 g/mol. The molecule has 144 valence electrons. The number of benzene rings is 3. The van der Waals surface area contributed by atoms with Crippen molar-refractivity contribution >= 4 is 35.1 Å². The van der Waals surface area contributed by atoms with E-state index in [-0.39, 0.29) is 17.4 Å². The van der Waals surface area contributed by atoms with Crippen LogP contribution in [0.15, 0.2) is 83.5 Å². The molecule has 1 N–H and O–H groups in total. The number of para-hydroxylation sites is 1. The Morgan fingerprint density at radius 1 is 1.00 bits per heavy atom. The number of nitrogens with zero attached hydrogens (tertiary/aromatic N) is 2. The fourth-order valence-electron chi connectivity index (χ4n) is 3.08. The van der Waals surface area contributed by atoms with Crippen molar-refractivity contribution in [3.63, 3.8) is 0 Å². The van der Waals surface area contributed by atoms with Gasteiger partial charge < -0.3 is 9.84 Å². The van der Waals surface area contributed by atoms with Crippen LogP contribution in [0.3, 0.4) is 0 Å². The molecule has 0 fully saturated rings. The van der Waals surface area contributed by atoms with E-state index in [1.165, 1.54) is 17.0 Å². The molecule has 3 aromatic carbocycles. The Balaban J connectivity index is 1.83. The van der Waals surface area contributed by atoms with Gasteiger partial charge >= 0.3 is 0 Å². The number of methoxy groups -OCH3 is 1. The fraction of sp³-hybridized carbons (Fsp3) is 0.0435. The Morgan fingerprint density at radius 2 is 1.69 bits per heavy atom. The van der Waals surface area contributed by atoms with Crippen LogP contribution in [-0.2, 0) is 4.79 Å². The van der Waals surface area contributed by atoms with E-state index in [1.807, 2.05) is 36.4 Å². The summed E-state index contributed by atoms with van der Waals surface area (Å²) >= 11 is 6.01. The Bertz CT molecular complexity index is 1120. The minimum Gasteiger partial charge on any atom is -0.508 e. The van der Waals surface area contributed by atoms with E-state index < -0.39 is 0 Å². The molecule has 0 spiro atoms. The fourth-order valence-corrected chi connectivity index (χ4v) is 3.21. The predicted octanol–water partition coefficient (Wildman–Crippen LogP) is 4.89. The molecule has 0 saturated heterocycles. The second-order valence-electron chi connectivity index (χ2n) is 6.37. The Labute approximate surface area is 173 Å². The van der Waals surface area contributed by atoms with Crippen LogP contribution >= 0.6 is 11.6 Å². The molecule has 1 amide bonds. The highest BCUT2D eigenvalue weighted by atomic mass is 35.5. The van der Waals surface area contributed by atoms with Gasteiger partial charge in [0.1, 0.15) is 23.0 Å². The number of phenolic OH excluding ortho intramolecular Hbond substituents is 1. The minimum absolute atomic E-state index is 0.121. The molecule has 0 atom stereocenters. The van der Waals surface area contributed by atoms with Crippen molar-refractivity contribution in [2.24, 2.45) is 4.99 Å². The Kier molecular flexibility index (Phi) is 5.06. The third-order valence-electron chi connectivity index (χ3n) is 4.50. The lowest BCUT2D eigenvalue weighted by Gasteiger charge is -2.18. The number of ether oxygens (including phenoxy) is 1. The van der Waals surface area contributed by atoms with Gasteiger partial charge in [-0.05, 0) is 60.7 Å². The summed E-state index contributed by atoms with van der Waals surface area (Å²) in [6.07, 6.45) is 1.71. The summed E-state index contributed by atoms with van der Waals surface area (Å²) in [5.41, 5.74) is 2.39. The molecule has 4 rings (SSSR count). The molecule has 1 heterocycles. The van der Waals surface area contributed by atoms with E-state index in [0.717, 1.165) is 11.1 Å². The number of halogens is 1. The first-order chi connectivity index (χ1) is 14.1. The van der Waals surface area contributed by atoms with Crippen LogP contribution < -0.4 is 9.64 Å². The van der Waals surface area contributed by atoms with Crippen LogP contribution in [0.5, 0.6) is 11.5 Å². The van der Waals surface area contributed by atoms with Gasteiger partial charge in [-0.1, -0.05) is 29.8 Å². The molecule has 3 aromatic rings. The van der Waals surface area contributed by atoms with Crippen molar-refractivity contribution < 1.29 is 14.6 Å². The summed E-state index contributed by atoms with van der Waals surface area (Å²) in [6.45, 7) is 0. The van der Waals surface area contributed by atoms with Crippen molar-refractivity contribution in [2.45, 2.75) is 0 Å². The lowest BCUT2D eigenvalue weighted by Crippen LogP contribution is -2.32. The molecular formula is C23H17ClN2O3. The molecule has 0 unspecified atom stereocenters. The highest BCUT2D eigenvalue weighted by molar-refractivity contribution is 6.34. The van der Waals surface area contributed by atoms with Gasteiger partial charge in [0.2, 0.25) is 0 Å². The van der Waals surface area contributed by atoms with E-state index in [4.69, 9.17) is 16.3 Å². The molecule has 1 aliphatic rings. The van der Waals surface area contributed by atoms with Gasteiger partial charge in [-0.25, -0.2) is 4.99 Å². The third kappa shape index (κ3) is 3.73. The first-order valence-electron chi connectivity index (χ1n) is 8.89. The number of amidine groups is 1. The number of aliphatic imine (C=N–C) groups is 1. The molecule has 0 bridgehead atoms. The Hall–Kier alpha value is -3.57. The molecule has 0 aromatic heterocycles. The lowest BCUT2D eigenvalue weighted by atomic mass is 10.1. The summed E-state index contributed by atoms with van der Waals surface area (Å²) in [4.78, 5) is 19.4. The number of hydrogen-bond acceptors (Lipinski definition) is 4. The van der Waals surface area contributed by atoms with Crippen molar-refractivity contribution in [2.75, 3.05) is 12.0 Å². The number of carbonyl (C=O) groups excluding carboxylic acids is 1. The maximum absolute atomic E-state index is 13.3. The number of phenols is 1. The molecule has 0 aliphatic carbocycles. The zero-order valence-corrected chi connectivity index (χ0v) is 16.3. The van der Waals surface area contributed by atoms with Crippen LogP contribution in [0, 0.1) is 0 Å². The average molecular weight is 405 g/mol. The van der Waals surface area contributed by atoms with Crippen molar-refractivity contribution in [1.29, 1.82) is 0 Å². The maximum Gasteiger partial charge on any atom is 0.282 e. The first-order valence-corrected chi connectivity index (χ1v) is 9.27. The van der Waals surface area contributed by atoms with Crippen LogP contribution in [0.2, 0.25) is 5.02 Å². The van der Waals surface area contributed by atoms with Crippen LogP contribution in [0.4, 0.5) is 5.69 Å². The van der Waals surface area contributed by atoms with Gasteiger partial charge in [0.05, 0.1) is 12.8 Å². The van der Waals surface area contributed by atoms with Crippen LogP contribution in [0.1, 0.15) is 11.1 Å². The second kappa shape index (κ2) is 7.81. The molecule has 1 aliphatic heterocycles. The van der Waals surface area contributed by atoms with E-state index in [1.54, 1.807) is 37.5 Å². The summed E-state index contributed by atoms with van der Waals surface area (Å²) in [5.74, 6) is 0.986. The van der Waals surface area contributed by atoms with Crippen molar-refractivity contribution in [1.82, 2.24) is 0 Å². The molecule has 0 radical (unpaired) electrons. The predicted molar refractivity (Wildman–Crippen MR) is 115 cm³/mol. The highest BCUT2D eigenvalue weighted by Gasteiger charge is 2.32. The summed E-state index contributed by atoms with van der Waals surface area (Å²) in [6, 6.07) is 21.0.